The zero-order chi connectivity index (χ0) is 21.9. The molecule has 2 atom stereocenters. The summed E-state index contributed by atoms with van der Waals surface area (Å²) in [7, 11) is 1.68. The molecule has 0 aliphatic carbocycles. The van der Waals surface area contributed by atoms with E-state index in [4.69, 9.17) is 9.47 Å². The molecular formula is C21H34F2N4O3. The lowest BCUT2D eigenvalue weighted by Crippen LogP contribution is -2.52. The van der Waals surface area contributed by atoms with Crippen molar-refractivity contribution in [3.8, 4) is 11.5 Å². The zero-order valence-electron chi connectivity index (χ0n) is 18.3. The summed E-state index contributed by atoms with van der Waals surface area (Å²) in [6, 6.07) is 5.64. The summed E-state index contributed by atoms with van der Waals surface area (Å²) in [5, 5.41) is 6.46. The number of nitrogens with zero attached hydrogens (tertiary/aromatic N) is 2. The van der Waals surface area contributed by atoms with Gasteiger partial charge in [0, 0.05) is 50.4 Å². The van der Waals surface area contributed by atoms with Crippen LogP contribution in [0.25, 0.3) is 0 Å². The second-order valence-electron chi connectivity index (χ2n) is 7.31. The van der Waals surface area contributed by atoms with E-state index in [0.29, 0.717) is 42.5 Å². The van der Waals surface area contributed by atoms with Gasteiger partial charge < -0.3 is 24.8 Å². The maximum atomic E-state index is 12.8. The minimum atomic E-state index is -2.90. The predicted octanol–water partition coefficient (Wildman–Crippen LogP) is 2.85. The molecule has 7 nitrogen and oxygen atoms in total. The molecule has 1 aromatic rings. The van der Waals surface area contributed by atoms with Gasteiger partial charge in [0.15, 0.2) is 5.96 Å². The van der Waals surface area contributed by atoms with Gasteiger partial charge in [-0.05, 0) is 32.4 Å². The molecule has 0 radical (unpaired) electrons. The van der Waals surface area contributed by atoms with Gasteiger partial charge >= 0.3 is 6.61 Å². The van der Waals surface area contributed by atoms with Gasteiger partial charge in [-0.3, -0.25) is 9.89 Å². The Balaban J connectivity index is 1.92. The van der Waals surface area contributed by atoms with E-state index in [2.05, 4.69) is 39.1 Å². The fourth-order valence-electron chi connectivity index (χ4n) is 3.35. The highest BCUT2D eigenvalue weighted by Gasteiger charge is 2.23. The van der Waals surface area contributed by atoms with E-state index in [0.717, 1.165) is 26.2 Å². The van der Waals surface area contributed by atoms with Crippen LogP contribution in [-0.4, -0.2) is 69.5 Å². The molecule has 2 rings (SSSR count). The Labute approximate surface area is 177 Å². The number of hydrogen-bond acceptors (Lipinski definition) is 5. The van der Waals surface area contributed by atoms with Gasteiger partial charge in [-0.2, -0.15) is 8.78 Å². The Bertz CT molecular complexity index is 676. The number of alkyl halides is 2. The van der Waals surface area contributed by atoms with Crippen LogP contribution in [-0.2, 0) is 11.3 Å². The van der Waals surface area contributed by atoms with Gasteiger partial charge in [-0.1, -0.05) is 6.92 Å². The van der Waals surface area contributed by atoms with E-state index in [1.165, 1.54) is 6.07 Å². The molecule has 2 unspecified atom stereocenters. The van der Waals surface area contributed by atoms with Crippen molar-refractivity contribution in [2.75, 3.05) is 40.0 Å². The molecule has 0 amide bonds. The van der Waals surface area contributed by atoms with Crippen LogP contribution in [0, 0.1) is 0 Å². The second kappa shape index (κ2) is 12.5. The van der Waals surface area contributed by atoms with Gasteiger partial charge in [-0.25, -0.2) is 0 Å². The molecule has 2 N–H and O–H groups in total. The van der Waals surface area contributed by atoms with E-state index in [1.54, 1.807) is 19.2 Å². The molecule has 0 aromatic heterocycles. The summed E-state index contributed by atoms with van der Waals surface area (Å²) in [4.78, 5) is 6.62. The van der Waals surface area contributed by atoms with Crippen LogP contribution in [0.4, 0.5) is 8.78 Å². The number of morpholine rings is 1. The third kappa shape index (κ3) is 7.60. The Morgan fingerprint density at radius 3 is 2.83 bits per heavy atom. The van der Waals surface area contributed by atoms with Crippen LogP contribution < -0.4 is 20.1 Å². The summed E-state index contributed by atoms with van der Waals surface area (Å²) in [6.45, 7) is 7.28. The molecule has 0 spiro atoms. The molecule has 1 saturated heterocycles. The van der Waals surface area contributed by atoms with Crippen LogP contribution in [0.2, 0.25) is 0 Å². The van der Waals surface area contributed by atoms with Gasteiger partial charge in [0.1, 0.15) is 11.5 Å². The normalized spacial score (nSPS) is 18.9. The monoisotopic (exact) mass is 428 g/mol. The molecule has 1 fully saturated rings. The number of guanidine groups is 1. The fraction of sp³-hybridized carbons (Fsp3) is 0.667. The first-order chi connectivity index (χ1) is 14.4. The van der Waals surface area contributed by atoms with Crippen molar-refractivity contribution >= 4 is 5.96 Å². The Morgan fingerprint density at radius 2 is 2.17 bits per heavy atom. The molecule has 1 aliphatic heterocycles. The lowest BCUT2D eigenvalue weighted by Gasteiger charge is -2.38. The van der Waals surface area contributed by atoms with Gasteiger partial charge in [0.2, 0.25) is 0 Å². The van der Waals surface area contributed by atoms with Crippen molar-refractivity contribution in [2.24, 2.45) is 4.99 Å². The highest BCUT2D eigenvalue weighted by atomic mass is 19.3. The van der Waals surface area contributed by atoms with Gasteiger partial charge in [0.05, 0.1) is 19.8 Å². The molecule has 1 aliphatic rings. The summed E-state index contributed by atoms with van der Waals surface area (Å²) in [5.74, 6) is 1.20. The van der Waals surface area contributed by atoms with Crippen LogP contribution in [0.3, 0.4) is 0 Å². The molecule has 0 saturated carbocycles. The molecule has 9 heteroatoms. The zero-order valence-corrected chi connectivity index (χ0v) is 18.3. The van der Waals surface area contributed by atoms with E-state index >= 15 is 0 Å². The molecule has 0 bridgehead atoms. The third-order valence-electron chi connectivity index (χ3n) is 4.95. The lowest BCUT2D eigenvalue weighted by molar-refractivity contribution is -0.0505. The number of rotatable bonds is 10. The number of halogens is 2. The van der Waals surface area contributed by atoms with Crippen LogP contribution >= 0.6 is 0 Å². The maximum Gasteiger partial charge on any atom is 0.387 e. The highest BCUT2D eigenvalue weighted by molar-refractivity contribution is 5.79. The van der Waals surface area contributed by atoms with E-state index in [1.807, 2.05) is 6.92 Å². The summed E-state index contributed by atoms with van der Waals surface area (Å²) < 4.78 is 41.4. The number of ether oxygens (including phenoxy) is 3. The molecular weight excluding hydrogens is 394 g/mol. The smallest absolute Gasteiger partial charge is 0.387 e. The first kappa shape index (κ1) is 24.1. The SMILES string of the molecule is CCCOc1ccc(CNC(=NC)NCC(C)N2CCOCC2C)c(OC(F)F)c1. The minimum absolute atomic E-state index is 0.0945. The summed E-state index contributed by atoms with van der Waals surface area (Å²) in [6.07, 6.45) is 0.831. The van der Waals surface area contributed by atoms with Crippen LogP contribution in [0.15, 0.2) is 23.2 Å². The van der Waals surface area contributed by atoms with Crippen LogP contribution in [0.5, 0.6) is 11.5 Å². The van der Waals surface area contributed by atoms with E-state index < -0.39 is 6.61 Å². The average molecular weight is 429 g/mol. The fourth-order valence-corrected chi connectivity index (χ4v) is 3.35. The topological polar surface area (TPSA) is 67.4 Å². The van der Waals surface area contributed by atoms with Crippen molar-refractivity contribution in [1.82, 2.24) is 15.5 Å². The number of benzene rings is 1. The molecule has 1 aromatic carbocycles. The largest absolute Gasteiger partial charge is 0.493 e. The van der Waals surface area contributed by atoms with Crippen molar-refractivity contribution < 1.29 is 23.0 Å². The lowest BCUT2D eigenvalue weighted by atomic mass is 10.2. The Morgan fingerprint density at radius 1 is 1.37 bits per heavy atom. The number of aliphatic imine (C=N–C) groups is 1. The van der Waals surface area contributed by atoms with Crippen LogP contribution in [0.1, 0.15) is 32.8 Å². The summed E-state index contributed by atoms with van der Waals surface area (Å²) in [5.41, 5.74) is 0.594. The molecule has 1 heterocycles. The second-order valence-corrected chi connectivity index (χ2v) is 7.31. The standard InChI is InChI=1S/C21H34F2N4O3/c1-5-9-29-18-7-6-17(19(11-18)30-20(22)23)13-26-21(24-4)25-12-15(2)27-8-10-28-14-16(27)3/h6-7,11,15-16,20H,5,8-10,12-14H2,1-4H3,(H2,24,25,26). The Kier molecular flexibility index (Phi) is 10.1. The van der Waals surface area contributed by atoms with Crippen molar-refractivity contribution in [2.45, 2.75) is 52.4 Å². The van der Waals surface area contributed by atoms with Gasteiger partial charge in [0.25, 0.3) is 0 Å². The minimum Gasteiger partial charge on any atom is -0.493 e. The predicted molar refractivity (Wildman–Crippen MR) is 114 cm³/mol. The van der Waals surface area contributed by atoms with E-state index in [-0.39, 0.29) is 12.3 Å². The van der Waals surface area contributed by atoms with Crippen molar-refractivity contribution in [3.63, 3.8) is 0 Å². The quantitative estimate of drug-likeness (QED) is 0.441. The Hall–Kier alpha value is -2.13. The first-order valence-corrected chi connectivity index (χ1v) is 10.4. The number of nitrogens with one attached hydrogen (secondary N) is 2. The average Bonchev–Trinajstić information content (AvgIpc) is 2.73. The van der Waals surface area contributed by atoms with Gasteiger partial charge in [-0.15, -0.1) is 0 Å². The van der Waals surface area contributed by atoms with Crippen molar-refractivity contribution in [1.29, 1.82) is 0 Å². The van der Waals surface area contributed by atoms with E-state index in [9.17, 15) is 8.78 Å². The highest BCUT2D eigenvalue weighted by Crippen LogP contribution is 2.26. The van der Waals surface area contributed by atoms with Crippen molar-refractivity contribution in [3.05, 3.63) is 23.8 Å². The summed E-state index contributed by atoms with van der Waals surface area (Å²) >= 11 is 0. The third-order valence-corrected chi connectivity index (χ3v) is 4.95. The molecule has 170 valence electrons. The maximum absolute atomic E-state index is 12.8. The number of hydrogen-bond donors (Lipinski definition) is 2. The first-order valence-electron chi connectivity index (χ1n) is 10.4. The molecule has 30 heavy (non-hydrogen) atoms.